The Balaban J connectivity index is 1.81. The Hall–Kier alpha value is -2.08. The first-order valence-corrected chi connectivity index (χ1v) is 7.99. The molecule has 0 aromatic heterocycles. The van der Waals surface area contributed by atoms with Crippen LogP contribution in [-0.4, -0.2) is 61.4 Å². The normalized spacial score (nSPS) is 20.7. The van der Waals surface area contributed by atoms with Crippen LogP contribution in [0.1, 0.15) is 19.4 Å². The lowest BCUT2D eigenvalue weighted by Crippen LogP contribution is -2.51. The highest BCUT2D eigenvalue weighted by Crippen LogP contribution is 2.42. The molecule has 124 valence electrons. The second kappa shape index (κ2) is 5.53. The van der Waals surface area contributed by atoms with Gasteiger partial charge >= 0.3 is 0 Å². The van der Waals surface area contributed by atoms with E-state index in [1.165, 1.54) is 0 Å². The van der Waals surface area contributed by atoms with E-state index in [4.69, 9.17) is 5.73 Å². The fourth-order valence-corrected chi connectivity index (χ4v) is 3.30. The lowest BCUT2D eigenvalue weighted by Gasteiger charge is -2.33. The van der Waals surface area contributed by atoms with E-state index in [1.807, 2.05) is 30.9 Å². The van der Waals surface area contributed by atoms with Crippen LogP contribution in [0.2, 0.25) is 0 Å². The second-order valence-corrected chi connectivity index (χ2v) is 6.98. The predicted molar refractivity (Wildman–Crippen MR) is 90.3 cm³/mol. The van der Waals surface area contributed by atoms with Gasteiger partial charge in [-0.05, 0) is 44.7 Å². The topological polar surface area (TPSA) is 69.9 Å². The molecule has 1 aromatic carbocycles. The summed E-state index contributed by atoms with van der Waals surface area (Å²) in [4.78, 5) is 31.0. The van der Waals surface area contributed by atoms with Crippen molar-refractivity contribution in [2.24, 2.45) is 0 Å². The molecule has 0 atom stereocenters. The minimum absolute atomic E-state index is 0.00641. The van der Waals surface area contributed by atoms with Crippen LogP contribution >= 0.6 is 0 Å². The Morgan fingerprint density at radius 2 is 1.87 bits per heavy atom. The number of carbonyl (C=O) groups is 2. The van der Waals surface area contributed by atoms with Gasteiger partial charge in [-0.2, -0.15) is 0 Å². The van der Waals surface area contributed by atoms with Crippen LogP contribution in [0.4, 0.5) is 11.4 Å². The summed E-state index contributed by atoms with van der Waals surface area (Å²) in [6, 6.07) is 5.46. The molecule has 0 aliphatic carbocycles. The van der Waals surface area contributed by atoms with E-state index in [-0.39, 0.29) is 18.4 Å². The van der Waals surface area contributed by atoms with Gasteiger partial charge in [-0.1, -0.05) is 0 Å². The maximum Gasteiger partial charge on any atom is 0.242 e. The number of amides is 2. The molecule has 3 rings (SSSR count). The Kier molecular flexibility index (Phi) is 3.80. The Morgan fingerprint density at radius 3 is 2.52 bits per heavy atom. The molecule has 0 bridgehead atoms. The van der Waals surface area contributed by atoms with Gasteiger partial charge in [0, 0.05) is 37.6 Å². The second-order valence-electron chi connectivity index (χ2n) is 6.98. The summed E-state index contributed by atoms with van der Waals surface area (Å²) in [6.45, 7) is 7.05. The van der Waals surface area contributed by atoms with E-state index < -0.39 is 5.41 Å². The van der Waals surface area contributed by atoms with Crippen molar-refractivity contribution >= 4 is 23.2 Å². The number of nitrogen functional groups attached to an aromatic ring is 1. The molecule has 0 radical (unpaired) electrons. The fourth-order valence-electron chi connectivity index (χ4n) is 3.30. The van der Waals surface area contributed by atoms with Gasteiger partial charge in [-0.3, -0.25) is 9.59 Å². The summed E-state index contributed by atoms with van der Waals surface area (Å²) >= 11 is 0. The van der Waals surface area contributed by atoms with E-state index in [1.54, 1.807) is 11.0 Å². The highest BCUT2D eigenvalue weighted by molar-refractivity contribution is 6.10. The monoisotopic (exact) mass is 316 g/mol. The zero-order chi connectivity index (χ0) is 16.8. The van der Waals surface area contributed by atoms with E-state index in [0.717, 1.165) is 37.4 Å². The molecule has 6 heteroatoms. The number of rotatable bonds is 2. The van der Waals surface area contributed by atoms with Gasteiger partial charge in [0.05, 0.1) is 5.41 Å². The number of benzene rings is 1. The van der Waals surface area contributed by atoms with Crippen LogP contribution < -0.4 is 10.6 Å². The first kappa shape index (κ1) is 15.8. The third-order valence-electron chi connectivity index (χ3n) is 4.91. The zero-order valence-corrected chi connectivity index (χ0v) is 14.0. The maximum atomic E-state index is 12.8. The summed E-state index contributed by atoms with van der Waals surface area (Å²) in [6.07, 6.45) is 0. The van der Waals surface area contributed by atoms with Crippen molar-refractivity contribution in [3.05, 3.63) is 23.8 Å². The van der Waals surface area contributed by atoms with Crippen molar-refractivity contribution in [1.29, 1.82) is 0 Å². The Bertz CT molecular complexity index is 648. The van der Waals surface area contributed by atoms with E-state index >= 15 is 0 Å². The van der Waals surface area contributed by atoms with Gasteiger partial charge in [0.2, 0.25) is 11.8 Å². The van der Waals surface area contributed by atoms with Crippen molar-refractivity contribution in [3.63, 3.8) is 0 Å². The number of hydrogen-bond acceptors (Lipinski definition) is 4. The molecule has 2 amide bonds. The smallest absolute Gasteiger partial charge is 0.242 e. The molecule has 1 aromatic rings. The number of nitrogens with two attached hydrogens (primary N) is 1. The zero-order valence-electron chi connectivity index (χ0n) is 14.0. The van der Waals surface area contributed by atoms with Crippen LogP contribution in [0.5, 0.6) is 0 Å². The number of carbonyl (C=O) groups excluding carboxylic acids is 2. The number of likely N-dealkylation sites (N-methyl/N-ethyl adjacent to an activating group) is 1. The quantitative estimate of drug-likeness (QED) is 0.814. The Labute approximate surface area is 136 Å². The van der Waals surface area contributed by atoms with Gasteiger partial charge in [0.25, 0.3) is 0 Å². The third-order valence-corrected chi connectivity index (χ3v) is 4.91. The van der Waals surface area contributed by atoms with Gasteiger partial charge in [0.15, 0.2) is 0 Å². The van der Waals surface area contributed by atoms with Crippen LogP contribution in [0, 0.1) is 0 Å². The summed E-state index contributed by atoms with van der Waals surface area (Å²) in [5, 5.41) is 0. The molecule has 2 aliphatic heterocycles. The van der Waals surface area contributed by atoms with Gasteiger partial charge in [0.1, 0.15) is 6.54 Å². The Morgan fingerprint density at radius 1 is 1.22 bits per heavy atom. The van der Waals surface area contributed by atoms with Gasteiger partial charge in [-0.25, -0.2) is 0 Å². The molecule has 0 unspecified atom stereocenters. The van der Waals surface area contributed by atoms with Crippen LogP contribution in [0.25, 0.3) is 0 Å². The SMILES string of the molecule is CN1CCN(C(=O)CN2C(=O)C(C)(C)c3cc(N)ccc32)CC1. The largest absolute Gasteiger partial charge is 0.399 e. The molecular formula is C17H24N4O2. The third kappa shape index (κ3) is 2.67. The summed E-state index contributed by atoms with van der Waals surface area (Å²) in [5.74, 6) is -0.0347. The highest BCUT2D eigenvalue weighted by atomic mass is 16.2. The van der Waals surface area contributed by atoms with Crippen LogP contribution in [-0.2, 0) is 15.0 Å². The first-order valence-electron chi connectivity index (χ1n) is 7.99. The molecular weight excluding hydrogens is 292 g/mol. The molecule has 1 saturated heterocycles. The van der Waals surface area contributed by atoms with Crippen molar-refractivity contribution in [2.75, 3.05) is 50.4 Å². The summed E-state index contributed by atoms with van der Waals surface area (Å²) in [7, 11) is 2.05. The standard InChI is InChI=1S/C17H24N4O2/c1-17(2)13-10-12(18)4-5-14(13)21(16(17)23)11-15(22)20-8-6-19(3)7-9-20/h4-5,10H,6-9,11,18H2,1-3H3. The lowest BCUT2D eigenvalue weighted by molar-refractivity contribution is -0.133. The average molecular weight is 316 g/mol. The maximum absolute atomic E-state index is 12.8. The van der Waals surface area contributed by atoms with E-state index in [0.29, 0.717) is 5.69 Å². The molecule has 0 spiro atoms. The highest BCUT2D eigenvalue weighted by Gasteiger charge is 2.44. The van der Waals surface area contributed by atoms with Crippen molar-refractivity contribution in [1.82, 2.24) is 9.80 Å². The average Bonchev–Trinajstić information content (AvgIpc) is 2.69. The molecule has 2 heterocycles. The minimum atomic E-state index is -0.646. The van der Waals surface area contributed by atoms with Crippen molar-refractivity contribution in [2.45, 2.75) is 19.3 Å². The first-order chi connectivity index (χ1) is 10.8. The number of fused-ring (bicyclic) bond motifs is 1. The number of anilines is 2. The van der Waals surface area contributed by atoms with Crippen molar-refractivity contribution < 1.29 is 9.59 Å². The summed E-state index contributed by atoms with van der Waals surface area (Å²) < 4.78 is 0. The van der Waals surface area contributed by atoms with E-state index in [9.17, 15) is 9.59 Å². The minimum Gasteiger partial charge on any atom is -0.399 e. The molecule has 2 N–H and O–H groups in total. The lowest BCUT2D eigenvalue weighted by atomic mass is 9.86. The van der Waals surface area contributed by atoms with Crippen molar-refractivity contribution in [3.8, 4) is 0 Å². The van der Waals surface area contributed by atoms with Gasteiger partial charge in [-0.15, -0.1) is 0 Å². The fraction of sp³-hybridized carbons (Fsp3) is 0.529. The predicted octanol–water partition coefficient (Wildman–Crippen LogP) is 0.667. The molecule has 0 saturated carbocycles. The molecule has 6 nitrogen and oxygen atoms in total. The van der Waals surface area contributed by atoms with Crippen LogP contribution in [0.15, 0.2) is 18.2 Å². The molecule has 23 heavy (non-hydrogen) atoms. The number of hydrogen-bond donors (Lipinski definition) is 1. The summed E-state index contributed by atoms with van der Waals surface area (Å²) in [5.41, 5.74) is 7.55. The molecule has 1 fully saturated rings. The number of piperazine rings is 1. The van der Waals surface area contributed by atoms with Crippen LogP contribution in [0.3, 0.4) is 0 Å². The van der Waals surface area contributed by atoms with Gasteiger partial charge < -0.3 is 20.4 Å². The van der Waals surface area contributed by atoms with E-state index in [2.05, 4.69) is 11.9 Å². The number of nitrogens with zero attached hydrogens (tertiary/aromatic N) is 3. The molecule has 2 aliphatic rings.